The second-order valence-corrected chi connectivity index (χ2v) is 8.52. The number of H-pyrrole nitrogens is 1. The van der Waals surface area contributed by atoms with Gasteiger partial charge in [0, 0.05) is 42.8 Å². The predicted octanol–water partition coefficient (Wildman–Crippen LogP) is 4.65. The van der Waals surface area contributed by atoms with E-state index in [1.807, 2.05) is 9.80 Å². The molecule has 0 bridgehead atoms. The number of fused-ring (bicyclic) bond motifs is 1. The van der Waals surface area contributed by atoms with Crippen molar-refractivity contribution in [3.8, 4) is 0 Å². The van der Waals surface area contributed by atoms with Gasteiger partial charge in [-0.1, -0.05) is 6.07 Å². The summed E-state index contributed by atoms with van der Waals surface area (Å²) in [5, 5.41) is 3.09. The number of benzene rings is 2. The second-order valence-electron chi connectivity index (χ2n) is 8.52. The van der Waals surface area contributed by atoms with E-state index >= 15 is 0 Å². The van der Waals surface area contributed by atoms with Gasteiger partial charge in [0.2, 0.25) is 5.91 Å². The summed E-state index contributed by atoms with van der Waals surface area (Å²) in [6.45, 7) is 5.24. The van der Waals surface area contributed by atoms with Crippen LogP contribution in [0, 0.1) is 5.82 Å². The molecule has 0 saturated carbocycles. The van der Waals surface area contributed by atoms with Crippen molar-refractivity contribution in [3.63, 3.8) is 0 Å². The SMILES string of the molecule is CCOC(=O)c1[nH]c2ccc(F)cc2c1NC(=O)[C@@H](C)N1CCN(c2cccc(C(F)(F)F)c2)CC1. The molecule has 1 aliphatic heterocycles. The van der Waals surface area contributed by atoms with Crippen molar-refractivity contribution < 1.29 is 31.9 Å². The van der Waals surface area contributed by atoms with Crippen LogP contribution < -0.4 is 10.2 Å². The maximum Gasteiger partial charge on any atom is 0.416 e. The Morgan fingerprint density at radius 3 is 2.50 bits per heavy atom. The number of aromatic amines is 1. The minimum absolute atomic E-state index is 0.0207. The Labute approximate surface area is 205 Å². The molecule has 7 nitrogen and oxygen atoms in total. The molecule has 3 aromatic rings. The molecule has 0 aliphatic carbocycles. The van der Waals surface area contributed by atoms with E-state index in [9.17, 15) is 27.2 Å². The Balaban J connectivity index is 1.46. The van der Waals surface area contributed by atoms with Crippen LogP contribution in [0.3, 0.4) is 0 Å². The summed E-state index contributed by atoms with van der Waals surface area (Å²) in [4.78, 5) is 32.2. The number of carbonyl (C=O) groups excluding carboxylic acids is 2. The van der Waals surface area contributed by atoms with E-state index in [0.717, 1.165) is 12.1 Å². The number of nitrogens with zero attached hydrogens (tertiary/aromatic N) is 2. The summed E-state index contributed by atoms with van der Waals surface area (Å²) >= 11 is 0. The molecule has 11 heteroatoms. The molecule has 1 aliphatic rings. The van der Waals surface area contributed by atoms with E-state index in [4.69, 9.17) is 4.74 Å². The molecule has 0 unspecified atom stereocenters. The van der Waals surface area contributed by atoms with E-state index in [2.05, 4.69) is 10.3 Å². The van der Waals surface area contributed by atoms with Gasteiger partial charge in [0.25, 0.3) is 0 Å². The zero-order valence-corrected chi connectivity index (χ0v) is 19.8. The number of rotatable bonds is 6. The molecular weight excluding hydrogens is 480 g/mol. The Bertz CT molecular complexity index is 1270. The Morgan fingerprint density at radius 1 is 1.11 bits per heavy atom. The lowest BCUT2D eigenvalue weighted by Gasteiger charge is -2.38. The molecule has 0 spiro atoms. The largest absolute Gasteiger partial charge is 0.461 e. The molecule has 1 atom stereocenters. The van der Waals surface area contributed by atoms with Crippen molar-refractivity contribution >= 4 is 34.2 Å². The number of ether oxygens (including phenoxy) is 1. The number of nitrogens with one attached hydrogen (secondary N) is 2. The van der Waals surface area contributed by atoms with Gasteiger partial charge in [0.1, 0.15) is 11.5 Å². The van der Waals surface area contributed by atoms with Crippen LogP contribution in [-0.4, -0.2) is 60.6 Å². The van der Waals surface area contributed by atoms with E-state index in [1.165, 1.54) is 24.3 Å². The fraction of sp³-hybridized carbons (Fsp3) is 0.360. The highest BCUT2D eigenvalue weighted by Gasteiger charge is 2.32. The average molecular weight is 507 g/mol. The highest BCUT2D eigenvalue weighted by atomic mass is 19.4. The molecule has 2 heterocycles. The zero-order chi connectivity index (χ0) is 26.0. The van der Waals surface area contributed by atoms with Gasteiger partial charge in [-0.2, -0.15) is 13.2 Å². The Hall–Kier alpha value is -3.60. The summed E-state index contributed by atoms with van der Waals surface area (Å²) in [6.07, 6.45) is -4.42. The molecule has 0 radical (unpaired) electrons. The van der Waals surface area contributed by atoms with Crippen LogP contribution in [0.2, 0.25) is 0 Å². The lowest BCUT2D eigenvalue weighted by molar-refractivity contribution is -0.137. The van der Waals surface area contributed by atoms with Crippen LogP contribution in [0.1, 0.15) is 29.9 Å². The monoisotopic (exact) mass is 506 g/mol. The molecule has 2 aromatic carbocycles. The first-order chi connectivity index (χ1) is 17.1. The molecular formula is C25H26F4N4O3. The molecule has 1 aromatic heterocycles. The molecule has 1 amide bonds. The standard InChI is InChI=1S/C25H26F4N4O3/c1-3-36-24(35)22-21(19-14-17(26)7-8-20(19)30-22)31-23(34)15(2)32-9-11-33(12-10-32)18-6-4-5-16(13-18)25(27,28)29/h4-8,13-15,30H,3,9-12H2,1-2H3,(H,31,34)/t15-/m1/s1. The van der Waals surface area contributed by atoms with Crippen molar-refractivity contribution in [2.75, 3.05) is 43.0 Å². The fourth-order valence-electron chi connectivity index (χ4n) is 4.29. The quantitative estimate of drug-likeness (QED) is 0.376. The van der Waals surface area contributed by atoms with Crippen molar-refractivity contribution in [1.29, 1.82) is 0 Å². The number of carbonyl (C=O) groups is 2. The van der Waals surface area contributed by atoms with Gasteiger partial charge in [-0.15, -0.1) is 0 Å². The minimum atomic E-state index is -4.42. The number of hydrogen-bond donors (Lipinski definition) is 2. The Morgan fingerprint density at radius 2 is 1.83 bits per heavy atom. The number of alkyl halides is 3. The van der Waals surface area contributed by atoms with Crippen molar-refractivity contribution in [1.82, 2.24) is 9.88 Å². The number of hydrogen-bond acceptors (Lipinski definition) is 5. The van der Waals surface area contributed by atoms with Gasteiger partial charge in [-0.25, -0.2) is 9.18 Å². The molecule has 1 saturated heterocycles. The van der Waals surface area contributed by atoms with Gasteiger partial charge >= 0.3 is 12.1 Å². The number of piperazine rings is 1. The molecule has 192 valence electrons. The summed E-state index contributed by atoms with van der Waals surface area (Å²) in [6, 6.07) is 8.50. The molecule has 4 rings (SSSR count). The van der Waals surface area contributed by atoms with E-state index < -0.39 is 35.5 Å². The van der Waals surface area contributed by atoms with Gasteiger partial charge in [-0.05, 0) is 50.2 Å². The third-order valence-corrected chi connectivity index (χ3v) is 6.27. The lowest BCUT2D eigenvalue weighted by atomic mass is 10.1. The van der Waals surface area contributed by atoms with Gasteiger partial charge in [0.05, 0.1) is 23.9 Å². The fourth-order valence-corrected chi connectivity index (χ4v) is 4.29. The smallest absolute Gasteiger partial charge is 0.416 e. The molecule has 36 heavy (non-hydrogen) atoms. The van der Waals surface area contributed by atoms with Crippen molar-refractivity contribution in [2.45, 2.75) is 26.1 Å². The number of aromatic nitrogens is 1. The van der Waals surface area contributed by atoms with Crippen LogP contribution in [0.4, 0.5) is 28.9 Å². The van der Waals surface area contributed by atoms with Crippen LogP contribution in [0.25, 0.3) is 10.9 Å². The first-order valence-corrected chi connectivity index (χ1v) is 11.5. The normalized spacial score (nSPS) is 15.7. The van der Waals surface area contributed by atoms with Crippen molar-refractivity contribution in [3.05, 3.63) is 59.5 Å². The molecule has 1 fully saturated rings. The zero-order valence-electron chi connectivity index (χ0n) is 19.8. The summed E-state index contributed by atoms with van der Waals surface area (Å²) in [5.74, 6) is -1.60. The van der Waals surface area contributed by atoms with Gasteiger partial charge in [0.15, 0.2) is 0 Å². The van der Waals surface area contributed by atoms with E-state index in [-0.39, 0.29) is 18.0 Å². The minimum Gasteiger partial charge on any atom is -0.461 e. The first kappa shape index (κ1) is 25.5. The van der Waals surface area contributed by atoms with Crippen molar-refractivity contribution in [2.24, 2.45) is 0 Å². The van der Waals surface area contributed by atoms with Crippen LogP contribution in [-0.2, 0) is 15.7 Å². The topological polar surface area (TPSA) is 77.7 Å². The maximum absolute atomic E-state index is 13.9. The summed E-state index contributed by atoms with van der Waals surface area (Å²) < 4.78 is 58.2. The third kappa shape index (κ3) is 5.30. The number of amides is 1. The van der Waals surface area contributed by atoms with Crippen LogP contribution in [0.15, 0.2) is 42.5 Å². The predicted molar refractivity (Wildman–Crippen MR) is 128 cm³/mol. The molecule has 2 N–H and O–H groups in total. The Kier molecular flexibility index (Phi) is 7.21. The number of anilines is 2. The van der Waals surface area contributed by atoms with E-state index in [0.29, 0.717) is 42.8 Å². The maximum atomic E-state index is 13.9. The highest BCUT2D eigenvalue weighted by molar-refractivity contribution is 6.11. The first-order valence-electron chi connectivity index (χ1n) is 11.5. The highest BCUT2D eigenvalue weighted by Crippen LogP contribution is 2.32. The summed E-state index contributed by atoms with van der Waals surface area (Å²) in [5.41, 5.74) is 0.399. The van der Waals surface area contributed by atoms with Crippen LogP contribution >= 0.6 is 0 Å². The number of halogens is 4. The second kappa shape index (κ2) is 10.2. The lowest BCUT2D eigenvalue weighted by Crippen LogP contribution is -2.52. The number of esters is 1. The summed E-state index contributed by atoms with van der Waals surface area (Å²) in [7, 11) is 0. The average Bonchev–Trinajstić information content (AvgIpc) is 3.21. The van der Waals surface area contributed by atoms with Gasteiger partial charge in [-0.3, -0.25) is 9.69 Å². The third-order valence-electron chi connectivity index (χ3n) is 6.27. The van der Waals surface area contributed by atoms with Gasteiger partial charge < -0.3 is 19.9 Å². The van der Waals surface area contributed by atoms with E-state index in [1.54, 1.807) is 19.9 Å². The van der Waals surface area contributed by atoms with Crippen LogP contribution in [0.5, 0.6) is 0 Å².